The van der Waals surface area contributed by atoms with Crippen LogP contribution in [-0.4, -0.2) is 12.6 Å². The van der Waals surface area contributed by atoms with Crippen molar-refractivity contribution in [2.45, 2.75) is 57.4 Å². The molecule has 1 N–H and O–H groups in total. The van der Waals surface area contributed by atoms with Crippen molar-refractivity contribution in [3.8, 4) is 0 Å². The largest absolute Gasteiger partial charge is 0.314 e. The van der Waals surface area contributed by atoms with Gasteiger partial charge in [-0.1, -0.05) is 31.4 Å². The van der Waals surface area contributed by atoms with Crippen LogP contribution in [0.5, 0.6) is 0 Å². The summed E-state index contributed by atoms with van der Waals surface area (Å²) in [5.41, 5.74) is 1.17. The summed E-state index contributed by atoms with van der Waals surface area (Å²) in [7, 11) is 0. The summed E-state index contributed by atoms with van der Waals surface area (Å²) in [6, 6.07) is 7.99. The Morgan fingerprint density at radius 1 is 1.00 bits per heavy atom. The lowest BCUT2D eigenvalue weighted by molar-refractivity contribution is 0.297. The summed E-state index contributed by atoms with van der Waals surface area (Å²) in [5, 5.41) is 3.71. The van der Waals surface area contributed by atoms with Gasteiger partial charge in [-0.15, -0.1) is 0 Å². The van der Waals surface area contributed by atoms with Gasteiger partial charge in [0, 0.05) is 6.04 Å². The molecule has 0 spiro atoms. The molecule has 0 aromatic heterocycles. The monoisotopic (exact) mass is 275 g/mol. The molecule has 2 atom stereocenters. The van der Waals surface area contributed by atoms with Gasteiger partial charge in [-0.2, -0.15) is 0 Å². The van der Waals surface area contributed by atoms with E-state index in [9.17, 15) is 4.39 Å². The molecule has 0 aliphatic heterocycles. The average molecular weight is 275 g/mol. The van der Waals surface area contributed by atoms with E-state index in [0.29, 0.717) is 0 Å². The molecule has 1 aromatic carbocycles. The highest BCUT2D eigenvalue weighted by Gasteiger charge is 2.27. The van der Waals surface area contributed by atoms with Crippen LogP contribution in [0.1, 0.15) is 50.5 Å². The van der Waals surface area contributed by atoms with Crippen LogP contribution < -0.4 is 5.32 Å². The highest BCUT2D eigenvalue weighted by atomic mass is 19.1. The second kappa shape index (κ2) is 6.71. The van der Waals surface area contributed by atoms with Crippen LogP contribution in [0.25, 0.3) is 0 Å². The first-order chi connectivity index (χ1) is 9.81. The van der Waals surface area contributed by atoms with E-state index in [1.54, 1.807) is 12.1 Å². The van der Waals surface area contributed by atoms with Gasteiger partial charge < -0.3 is 5.32 Å². The molecular formula is C18H26FN. The summed E-state index contributed by atoms with van der Waals surface area (Å²) in [5.74, 6) is 1.41. The van der Waals surface area contributed by atoms with Crippen molar-refractivity contribution in [2.24, 2.45) is 11.8 Å². The molecule has 0 amide bonds. The van der Waals surface area contributed by atoms with E-state index < -0.39 is 0 Å². The van der Waals surface area contributed by atoms with Gasteiger partial charge in [0.2, 0.25) is 0 Å². The van der Waals surface area contributed by atoms with Crippen molar-refractivity contribution in [1.82, 2.24) is 5.32 Å². The standard InChI is InChI=1S/C18H26FN/c19-17-8-4-5-14(12-17)11-15-6-2-1-3-7-16(15)13-20-18-9-10-18/h4-5,8,12,15-16,18,20H,1-3,6-7,9-11,13H2. The van der Waals surface area contributed by atoms with Crippen LogP contribution in [0.3, 0.4) is 0 Å². The van der Waals surface area contributed by atoms with Gasteiger partial charge in [0.15, 0.2) is 0 Å². The first-order valence-corrected chi connectivity index (χ1v) is 8.29. The van der Waals surface area contributed by atoms with Gasteiger partial charge in [-0.3, -0.25) is 0 Å². The predicted molar refractivity (Wildman–Crippen MR) is 81.2 cm³/mol. The minimum absolute atomic E-state index is 0.0937. The molecule has 0 saturated heterocycles. The van der Waals surface area contributed by atoms with E-state index >= 15 is 0 Å². The Balaban J connectivity index is 1.62. The maximum absolute atomic E-state index is 13.3. The molecule has 0 radical (unpaired) electrons. The fourth-order valence-corrected chi connectivity index (χ4v) is 3.57. The average Bonchev–Trinajstić information content (AvgIpc) is 3.24. The number of halogens is 1. The lowest BCUT2D eigenvalue weighted by Gasteiger charge is -2.26. The van der Waals surface area contributed by atoms with E-state index in [4.69, 9.17) is 0 Å². The Hall–Kier alpha value is -0.890. The van der Waals surface area contributed by atoms with E-state index in [2.05, 4.69) is 11.4 Å². The van der Waals surface area contributed by atoms with Crippen molar-refractivity contribution >= 4 is 0 Å². The highest BCUT2D eigenvalue weighted by Crippen LogP contribution is 2.32. The van der Waals surface area contributed by atoms with Gasteiger partial charge in [0.05, 0.1) is 0 Å². The smallest absolute Gasteiger partial charge is 0.123 e. The second-order valence-corrected chi connectivity index (χ2v) is 6.67. The van der Waals surface area contributed by atoms with Crippen molar-refractivity contribution in [2.75, 3.05) is 6.54 Å². The summed E-state index contributed by atoms with van der Waals surface area (Å²) in [4.78, 5) is 0. The number of nitrogens with one attached hydrogen (secondary N) is 1. The predicted octanol–water partition coefficient (Wildman–Crippen LogP) is 4.32. The van der Waals surface area contributed by atoms with Crippen LogP contribution in [0.15, 0.2) is 24.3 Å². The van der Waals surface area contributed by atoms with Crippen LogP contribution in [0, 0.1) is 17.7 Å². The maximum atomic E-state index is 13.3. The molecule has 0 bridgehead atoms. The minimum atomic E-state index is -0.0937. The Kier molecular flexibility index (Phi) is 4.72. The molecule has 20 heavy (non-hydrogen) atoms. The SMILES string of the molecule is Fc1cccc(CC2CCCCCC2CNC2CC2)c1. The number of rotatable bonds is 5. The molecule has 3 rings (SSSR count). The maximum Gasteiger partial charge on any atom is 0.123 e. The highest BCUT2D eigenvalue weighted by molar-refractivity contribution is 5.17. The molecule has 110 valence electrons. The minimum Gasteiger partial charge on any atom is -0.314 e. The molecular weight excluding hydrogens is 249 g/mol. The zero-order valence-corrected chi connectivity index (χ0v) is 12.3. The van der Waals surface area contributed by atoms with Gasteiger partial charge in [0.25, 0.3) is 0 Å². The molecule has 2 heteroatoms. The lowest BCUT2D eigenvalue weighted by Crippen LogP contribution is -2.30. The quantitative estimate of drug-likeness (QED) is 0.789. The molecule has 2 aliphatic rings. The second-order valence-electron chi connectivity index (χ2n) is 6.67. The van der Waals surface area contributed by atoms with Crippen molar-refractivity contribution in [3.05, 3.63) is 35.6 Å². The number of hydrogen-bond donors (Lipinski definition) is 1. The topological polar surface area (TPSA) is 12.0 Å². The third-order valence-corrected chi connectivity index (χ3v) is 4.95. The van der Waals surface area contributed by atoms with Crippen molar-refractivity contribution < 1.29 is 4.39 Å². The van der Waals surface area contributed by atoms with Gasteiger partial charge in [-0.05, 0) is 68.2 Å². The molecule has 2 fully saturated rings. The molecule has 2 unspecified atom stereocenters. The van der Waals surface area contributed by atoms with E-state index in [1.165, 1.54) is 57.1 Å². The lowest BCUT2D eigenvalue weighted by atomic mass is 9.83. The fourth-order valence-electron chi connectivity index (χ4n) is 3.57. The van der Waals surface area contributed by atoms with E-state index in [-0.39, 0.29) is 5.82 Å². The molecule has 0 heterocycles. The number of hydrogen-bond acceptors (Lipinski definition) is 1. The van der Waals surface area contributed by atoms with Crippen LogP contribution in [0.4, 0.5) is 4.39 Å². The molecule has 1 nitrogen and oxygen atoms in total. The third kappa shape index (κ3) is 4.05. The van der Waals surface area contributed by atoms with Crippen molar-refractivity contribution in [1.29, 1.82) is 0 Å². The Morgan fingerprint density at radius 3 is 2.55 bits per heavy atom. The van der Waals surface area contributed by atoms with Crippen molar-refractivity contribution in [3.63, 3.8) is 0 Å². The fraction of sp³-hybridized carbons (Fsp3) is 0.667. The number of benzene rings is 1. The van der Waals surface area contributed by atoms with E-state index in [0.717, 1.165) is 24.3 Å². The van der Waals surface area contributed by atoms with Crippen LogP contribution in [-0.2, 0) is 6.42 Å². The first-order valence-electron chi connectivity index (χ1n) is 8.29. The summed E-state index contributed by atoms with van der Waals surface area (Å²) in [6.45, 7) is 1.17. The molecule has 2 aliphatic carbocycles. The molecule has 2 saturated carbocycles. The summed E-state index contributed by atoms with van der Waals surface area (Å²) in [6.07, 6.45) is 10.5. The first kappa shape index (κ1) is 14.1. The van der Waals surface area contributed by atoms with E-state index in [1.807, 2.05) is 6.07 Å². The van der Waals surface area contributed by atoms with Gasteiger partial charge in [-0.25, -0.2) is 4.39 Å². The van der Waals surface area contributed by atoms with Gasteiger partial charge >= 0.3 is 0 Å². The third-order valence-electron chi connectivity index (χ3n) is 4.95. The summed E-state index contributed by atoms with van der Waals surface area (Å²) >= 11 is 0. The zero-order chi connectivity index (χ0) is 13.8. The zero-order valence-electron chi connectivity index (χ0n) is 12.3. The normalized spacial score (nSPS) is 27.2. The van der Waals surface area contributed by atoms with Crippen LogP contribution in [0.2, 0.25) is 0 Å². The van der Waals surface area contributed by atoms with Gasteiger partial charge in [0.1, 0.15) is 5.82 Å². The Labute approximate surface area is 122 Å². The Morgan fingerprint density at radius 2 is 1.80 bits per heavy atom. The Bertz CT molecular complexity index is 427. The van der Waals surface area contributed by atoms with Crippen LogP contribution >= 0.6 is 0 Å². The summed E-state index contributed by atoms with van der Waals surface area (Å²) < 4.78 is 13.3. The molecule has 1 aromatic rings.